The summed E-state index contributed by atoms with van der Waals surface area (Å²) < 4.78 is 29.3. The van der Waals surface area contributed by atoms with Crippen LogP contribution in [0.4, 0.5) is 8.78 Å². The Labute approximate surface area is 83.4 Å². The predicted octanol–water partition coefficient (Wildman–Crippen LogP) is 3.33. The molecule has 1 rings (SSSR count). The zero-order chi connectivity index (χ0) is 10.0. The molecule has 1 aromatic heterocycles. The zero-order valence-electron chi connectivity index (χ0n) is 6.52. The topological polar surface area (TPSA) is 22.1 Å². The Morgan fingerprint density at radius 2 is 2.08 bits per heavy atom. The SMILES string of the molecule is COc1nc(Cl)cc(Cl)c1C(F)F. The third kappa shape index (κ3) is 2.19. The number of alkyl halides is 2. The molecule has 0 spiro atoms. The van der Waals surface area contributed by atoms with Crippen molar-refractivity contribution in [3.8, 4) is 5.88 Å². The van der Waals surface area contributed by atoms with Gasteiger partial charge in [0.05, 0.1) is 17.7 Å². The summed E-state index contributed by atoms with van der Waals surface area (Å²) in [5.41, 5.74) is -0.437. The van der Waals surface area contributed by atoms with Crippen molar-refractivity contribution in [2.24, 2.45) is 0 Å². The number of hydrogen-bond donors (Lipinski definition) is 0. The minimum atomic E-state index is -2.73. The summed E-state index contributed by atoms with van der Waals surface area (Å²) in [4.78, 5) is 3.55. The van der Waals surface area contributed by atoms with Crippen molar-refractivity contribution in [1.82, 2.24) is 4.98 Å². The molecule has 72 valence electrons. The largest absolute Gasteiger partial charge is 0.481 e. The van der Waals surface area contributed by atoms with E-state index < -0.39 is 12.0 Å². The van der Waals surface area contributed by atoms with Crippen LogP contribution in [0.3, 0.4) is 0 Å². The number of hydrogen-bond acceptors (Lipinski definition) is 2. The summed E-state index contributed by atoms with van der Waals surface area (Å²) >= 11 is 11.0. The van der Waals surface area contributed by atoms with E-state index in [2.05, 4.69) is 9.72 Å². The maximum absolute atomic E-state index is 12.4. The van der Waals surface area contributed by atoms with Gasteiger partial charge in [-0.2, -0.15) is 0 Å². The first-order valence-electron chi connectivity index (χ1n) is 3.24. The van der Waals surface area contributed by atoms with Gasteiger partial charge in [0.2, 0.25) is 5.88 Å². The molecule has 0 aliphatic rings. The van der Waals surface area contributed by atoms with E-state index >= 15 is 0 Å². The molecule has 0 unspecified atom stereocenters. The zero-order valence-corrected chi connectivity index (χ0v) is 8.03. The lowest BCUT2D eigenvalue weighted by molar-refractivity contribution is 0.146. The average molecular weight is 228 g/mol. The van der Waals surface area contributed by atoms with Gasteiger partial charge in [0, 0.05) is 0 Å². The van der Waals surface area contributed by atoms with Gasteiger partial charge in [-0.3, -0.25) is 0 Å². The molecular weight excluding hydrogens is 223 g/mol. The minimum absolute atomic E-state index is 0.0197. The molecule has 0 aromatic carbocycles. The van der Waals surface area contributed by atoms with Gasteiger partial charge >= 0.3 is 0 Å². The van der Waals surface area contributed by atoms with Crippen molar-refractivity contribution in [2.45, 2.75) is 6.43 Å². The summed E-state index contributed by atoms with van der Waals surface area (Å²) in [5, 5.41) is -0.127. The summed E-state index contributed by atoms with van der Waals surface area (Å²) in [7, 11) is 1.22. The number of rotatable bonds is 2. The molecule has 0 fully saturated rings. The Bertz CT molecular complexity index is 320. The molecule has 1 heterocycles. The third-order valence-corrected chi connectivity index (χ3v) is 1.86. The lowest BCUT2D eigenvalue weighted by Gasteiger charge is -2.08. The lowest BCUT2D eigenvalue weighted by atomic mass is 10.3. The molecule has 0 bridgehead atoms. The molecule has 0 saturated heterocycles. The maximum atomic E-state index is 12.4. The van der Waals surface area contributed by atoms with Crippen LogP contribution in [0.2, 0.25) is 10.2 Å². The average Bonchev–Trinajstić information content (AvgIpc) is 2.01. The van der Waals surface area contributed by atoms with Crippen LogP contribution in [0.1, 0.15) is 12.0 Å². The summed E-state index contributed by atoms with van der Waals surface area (Å²) in [6.07, 6.45) is -2.73. The van der Waals surface area contributed by atoms with Crippen molar-refractivity contribution in [1.29, 1.82) is 0 Å². The van der Waals surface area contributed by atoms with Gasteiger partial charge in [-0.05, 0) is 6.07 Å². The van der Waals surface area contributed by atoms with Crippen LogP contribution in [0, 0.1) is 0 Å². The second-order valence-corrected chi connectivity index (χ2v) is 2.94. The van der Waals surface area contributed by atoms with Crippen molar-refractivity contribution in [3.63, 3.8) is 0 Å². The first-order chi connectivity index (χ1) is 6.06. The van der Waals surface area contributed by atoms with E-state index in [1.165, 1.54) is 7.11 Å². The van der Waals surface area contributed by atoms with Crippen LogP contribution in [0.15, 0.2) is 6.07 Å². The third-order valence-electron chi connectivity index (χ3n) is 1.35. The molecule has 2 nitrogen and oxygen atoms in total. The molecule has 0 atom stereocenters. The van der Waals surface area contributed by atoms with E-state index in [9.17, 15) is 8.78 Å². The van der Waals surface area contributed by atoms with Crippen LogP contribution in [0.25, 0.3) is 0 Å². The monoisotopic (exact) mass is 227 g/mol. The van der Waals surface area contributed by atoms with Crippen LogP contribution < -0.4 is 4.74 Å². The molecule has 0 amide bonds. The molecule has 0 aliphatic carbocycles. The molecule has 13 heavy (non-hydrogen) atoms. The Hall–Kier alpha value is -0.610. The van der Waals surface area contributed by atoms with Crippen LogP contribution >= 0.6 is 23.2 Å². The fourth-order valence-electron chi connectivity index (χ4n) is 0.827. The van der Waals surface area contributed by atoms with E-state index in [0.717, 1.165) is 6.07 Å². The predicted molar refractivity (Wildman–Crippen MR) is 45.8 cm³/mol. The standard InChI is InChI=1S/C7H5Cl2F2NO/c1-13-7-5(6(10)11)3(8)2-4(9)12-7/h2,6H,1H3. The molecule has 6 heteroatoms. The van der Waals surface area contributed by atoms with Gasteiger partial charge in [-0.15, -0.1) is 0 Å². The van der Waals surface area contributed by atoms with Gasteiger partial charge in [0.25, 0.3) is 6.43 Å². The van der Waals surface area contributed by atoms with E-state index in [-0.39, 0.29) is 16.1 Å². The first-order valence-corrected chi connectivity index (χ1v) is 4.00. The first kappa shape index (κ1) is 10.5. The Morgan fingerprint density at radius 3 is 2.54 bits per heavy atom. The quantitative estimate of drug-likeness (QED) is 0.724. The Balaban J connectivity index is 3.30. The van der Waals surface area contributed by atoms with E-state index in [4.69, 9.17) is 23.2 Å². The summed E-state index contributed by atoms with van der Waals surface area (Å²) in [5.74, 6) is -0.243. The number of pyridine rings is 1. The molecular formula is C7H5Cl2F2NO. The number of halogens is 4. The highest BCUT2D eigenvalue weighted by atomic mass is 35.5. The molecule has 0 N–H and O–H groups in total. The smallest absolute Gasteiger partial charge is 0.270 e. The van der Waals surface area contributed by atoms with Gasteiger partial charge in [-0.1, -0.05) is 23.2 Å². The highest BCUT2D eigenvalue weighted by Gasteiger charge is 2.20. The fourth-order valence-corrected chi connectivity index (χ4v) is 1.34. The lowest BCUT2D eigenvalue weighted by Crippen LogP contribution is -1.97. The van der Waals surface area contributed by atoms with Gasteiger partial charge in [0.15, 0.2) is 0 Å². The van der Waals surface area contributed by atoms with Crippen LogP contribution in [-0.2, 0) is 0 Å². The van der Waals surface area contributed by atoms with Crippen molar-refractivity contribution < 1.29 is 13.5 Å². The fraction of sp³-hybridized carbons (Fsp3) is 0.286. The van der Waals surface area contributed by atoms with Gasteiger partial charge in [0.1, 0.15) is 5.15 Å². The summed E-state index contributed by atoms with van der Waals surface area (Å²) in [6, 6.07) is 1.15. The number of methoxy groups -OCH3 is 1. The van der Waals surface area contributed by atoms with Crippen molar-refractivity contribution in [2.75, 3.05) is 7.11 Å². The highest BCUT2D eigenvalue weighted by Crippen LogP contribution is 2.35. The molecule has 0 saturated carbocycles. The Morgan fingerprint density at radius 1 is 1.46 bits per heavy atom. The van der Waals surface area contributed by atoms with E-state index in [1.807, 2.05) is 0 Å². The number of nitrogens with zero attached hydrogens (tertiary/aromatic N) is 1. The molecule has 0 radical (unpaired) electrons. The highest BCUT2D eigenvalue weighted by molar-refractivity contribution is 6.34. The minimum Gasteiger partial charge on any atom is -0.481 e. The van der Waals surface area contributed by atoms with Crippen molar-refractivity contribution >= 4 is 23.2 Å². The second kappa shape index (κ2) is 4.07. The number of ether oxygens (including phenoxy) is 1. The number of aromatic nitrogens is 1. The van der Waals surface area contributed by atoms with Crippen LogP contribution in [0.5, 0.6) is 5.88 Å². The normalized spacial score (nSPS) is 10.6. The Kier molecular flexibility index (Phi) is 3.27. The van der Waals surface area contributed by atoms with Crippen molar-refractivity contribution in [3.05, 3.63) is 21.8 Å². The maximum Gasteiger partial charge on any atom is 0.270 e. The van der Waals surface area contributed by atoms with E-state index in [0.29, 0.717) is 0 Å². The molecule has 0 aliphatic heterocycles. The van der Waals surface area contributed by atoms with E-state index in [1.54, 1.807) is 0 Å². The molecule has 1 aromatic rings. The van der Waals surface area contributed by atoms with Gasteiger partial charge < -0.3 is 4.74 Å². The van der Waals surface area contributed by atoms with Crippen LogP contribution in [-0.4, -0.2) is 12.1 Å². The van der Waals surface area contributed by atoms with Gasteiger partial charge in [-0.25, -0.2) is 13.8 Å². The second-order valence-electron chi connectivity index (χ2n) is 2.15. The summed E-state index contributed by atoms with van der Waals surface area (Å²) in [6.45, 7) is 0.